The number of aryl methyl sites for hydroxylation is 2. The van der Waals surface area contributed by atoms with E-state index in [1.165, 1.54) is 18.5 Å². The predicted molar refractivity (Wildman–Crippen MR) is 97.2 cm³/mol. The summed E-state index contributed by atoms with van der Waals surface area (Å²) in [6.45, 7) is 1.76. The van der Waals surface area contributed by atoms with Crippen molar-refractivity contribution in [1.82, 2.24) is 14.7 Å². The van der Waals surface area contributed by atoms with Crippen molar-refractivity contribution in [3.05, 3.63) is 45.7 Å². The third-order valence-corrected chi connectivity index (χ3v) is 5.37. The molecule has 0 spiro atoms. The van der Waals surface area contributed by atoms with Crippen molar-refractivity contribution in [3.8, 4) is 5.75 Å². The number of hydrogen-bond donors (Lipinski definition) is 1. The van der Waals surface area contributed by atoms with E-state index >= 15 is 0 Å². The van der Waals surface area contributed by atoms with E-state index in [0.29, 0.717) is 6.54 Å². The van der Waals surface area contributed by atoms with Crippen LogP contribution in [0.4, 0.5) is 0 Å². The summed E-state index contributed by atoms with van der Waals surface area (Å²) in [7, 11) is 3.67. The summed E-state index contributed by atoms with van der Waals surface area (Å²) in [6, 6.07) is 7.92. The molecular weight excluding hydrogens is 370 g/mol. The van der Waals surface area contributed by atoms with Crippen LogP contribution in [-0.4, -0.2) is 40.6 Å². The van der Waals surface area contributed by atoms with Crippen molar-refractivity contribution in [2.24, 2.45) is 0 Å². The highest BCUT2D eigenvalue weighted by atomic mass is 79.9. The molecule has 1 atom stereocenters. The topological polar surface area (TPSA) is 50.5 Å². The highest BCUT2D eigenvalue weighted by molar-refractivity contribution is 9.10. The number of halogens is 1. The number of ether oxygens (including phenoxy) is 1. The number of benzene rings is 1. The van der Waals surface area contributed by atoms with Crippen LogP contribution in [0.3, 0.4) is 0 Å². The molecule has 0 fully saturated rings. The van der Waals surface area contributed by atoms with Crippen molar-refractivity contribution in [2.45, 2.75) is 38.4 Å². The summed E-state index contributed by atoms with van der Waals surface area (Å²) in [5, 5.41) is 14.7. The van der Waals surface area contributed by atoms with Crippen molar-refractivity contribution in [1.29, 1.82) is 0 Å². The molecule has 1 N–H and O–H groups in total. The molecule has 1 aromatic carbocycles. The lowest BCUT2D eigenvalue weighted by atomic mass is 10.1. The molecule has 24 heavy (non-hydrogen) atoms. The first-order chi connectivity index (χ1) is 11.6. The smallest absolute Gasteiger partial charge is 0.119 e. The Kier molecular flexibility index (Phi) is 5.58. The van der Waals surface area contributed by atoms with Crippen molar-refractivity contribution in [3.63, 3.8) is 0 Å². The van der Waals surface area contributed by atoms with Crippen LogP contribution in [0.25, 0.3) is 0 Å². The largest absolute Gasteiger partial charge is 0.497 e. The molecule has 3 rings (SSSR count). The standard InChI is InChI=1S/C18H24BrN3O2/c1-21(11-13-9-14-5-3-4-8-22(14)20-13)18(12-23)16-10-15(24-2)6-7-17(16)19/h6-7,9-10,18,23H,3-5,8,11-12H2,1-2H3/t18-/m0/s1. The van der Waals surface area contributed by atoms with Crippen LogP contribution < -0.4 is 4.74 Å². The molecule has 1 aliphatic rings. The number of aliphatic hydroxyl groups excluding tert-OH is 1. The van der Waals surface area contributed by atoms with Gasteiger partial charge in [-0.1, -0.05) is 15.9 Å². The van der Waals surface area contributed by atoms with Gasteiger partial charge in [-0.05, 0) is 56.1 Å². The zero-order valence-electron chi connectivity index (χ0n) is 14.2. The van der Waals surface area contributed by atoms with E-state index < -0.39 is 0 Å². The fourth-order valence-electron chi connectivity index (χ4n) is 3.30. The molecule has 2 aromatic rings. The van der Waals surface area contributed by atoms with Gasteiger partial charge in [0.1, 0.15) is 5.75 Å². The summed E-state index contributed by atoms with van der Waals surface area (Å²) >= 11 is 3.59. The quantitative estimate of drug-likeness (QED) is 0.818. The molecule has 1 aromatic heterocycles. The zero-order chi connectivity index (χ0) is 17.1. The summed E-state index contributed by atoms with van der Waals surface area (Å²) in [5.74, 6) is 0.789. The maximum Gasteiger partial charge on any atom is 0.119 e. The Bertz CT molecular complexity index is 678. The Morgan fingerprint density at radius 2 is 2.21 bits per heavy atom. The van der Waals surface area contributed by atoms with E-state index in [0.717, 1.165) is 34.4 Å². The van der Waals surface area contributed by atoms with Gasteiger partial charge in [-0.3, -0.25) is 9.58 Å². The summed E-state index contributed by atoms with van der Waals surface area (Å²) < 4.78 is 8.42. The molecule has 130 valence electrons. The number of rotatable bonds is 6. The minimum absolute atomic E-state index is 0.0375. The number of aromatic nitrogens is 2. The van der Waals surface area contributed by atoms with Gasteiger partial charge in [0.25, 0.3) is 0 Å². The van der Waals surface area contributed by atoms with Crippen LogP contribution in [0.2, 0.25) is 0 Å². The molecule has 0 saturated heterocycles. The molecule has 6 heteroatoms. The SMILES string of the molecule is COc1ccc(Br)c([C@H](CO)N(C)Cc2cc3n(n2)CCCC3)c1. The monoisotopic (exact) mass is 393 g/mol. The maximum atomic E-state index is 9.95. The number of nitrogens with zero attached hydrogens (tertiary/aromatic N) is 3. The minimum Gasteiger partial charge on any atom is -0.497 e. The summed E-state index contributed by atoms with van der Waals surface area (Å²) in [5.41, 5.74) is 3.41. The van der Waals surface area contributed by atoms with Gasteiger partial charge in [0, 0.05) is 23.3 Å². The van der Waals surface area contributed by atoms with Gasteiger partial charge in [-0.15, -0.1) is 0 Å². The van der Waals surface area contributed by atoms with E-state index in [9.17, 15) is 5.11 Å². The Morgan fingerprint density at radius 3 is 2.92 bits per heavy atom. The van der Waals surface area contributed by atoms with E-state index in [1.807, 2.05) is 25.2 Å². The summed E-state index contributed by atoms with van der Waals surface area (Å²) in [6.07, 6.45) is 3.57. The lowest BCUT2D eigenvalue weighted by Crippen LogP contribution is -2.27. The first kappa shape index (κ1) is 17.5. The van der Waals surface area contributed by atoms with Gasteiger partial charge in [0.15, 0.2) is 0 Å². The van der Waals surface area contributed by atoms with Crippen molar-refractivity contribution < 1.29 is 9.84 Å². The second kappa shape index (κ2) is 7.68. The predicted octanol–water partition coefficient (Wildman–Crippen LogP) is 3.16. The van der Waals surface area contributed by atoms with Crippen LogP contribution in [0, 0.1) is 0 Å². The Hall–Kier alpha value is -1.37. The molecule has 0 aliphatic carbocycles. The van der Waals surface area contributed by atoms with Gasteiger partial charge in [0.2, 0.25) is 0 Å². The second-order valence-corrected chi connectivity index (χ2v) is 7.16. The highest BCUT2D eigenvalue weighted by Gasteiger charge is 2.21. The third-order valence-electron chi connectivity index (χ3n) is 4.65. The van der Waals surface area contributed by atoms with Gasteiger partial charge >= 0.3 is 0 Å². The lowest BCUT2D eigenvalue weighted by Gasteiger charge is -2.27. The summed E-state index contributed by atoms with van der Waals surface area (Å²) in [4.78, 5) is 2.13. The third kappa shape index (κ3) is 3.66. The number of aliphatic hydroxyl groups is 1. The van der Waals surface area contributed by atoms with Crippen LogP contribution in [-0.2, 0) is 19.5 Å². The Balaban J connectivity index is 1.79. The molecular formula is C18H24BrN3O2. The van der Waals surface area contributed by atoms with E-state index in [-0.39, 0.29) is 12.6 Å². The van der Waals surface area contributed by atoms with Crippen LogP contribution in [0.1, 0.15) is 35.8 Å². The Labute approximate surface area is 151 Å². The van der Waals surface area contributed by atoms with Gasteiger partial charge in [-0.2, -0.15) is 5.10 Å². The van der Waals surface area contributed by atoms with E-state index in [4.69, 9.17) is 9.84 Å². The van der Waals surface area contributed by atoms with Gasteiger partial charge in [-0.25, -0.2) is 0 Å². The van der Waals surface area contributed by atoms with Crippen LogP contribution in [0.15, 0.2) is 28.7 Å². The minimum atomic E-state index is -0.117. The number of methoxy groups -OCH3 is 1. The molecule has 1 aliphatic heterocycles. The first-order valence-corrected chi connectivity index (χ1v) is 9.12. The average Bonchev–Trinajstić information content (AvgIpc) is 2.99. The van der Waals surface area contributed by atoms with Crippen molar-refractivity contribution in [2.75, 3.05) is 20.8 Å². The maximum absolute atomic E-state index is 9.95. The van der Waals surface area contributed by atoms with Crippen LogP contribution >= 0.6 is 15.9 Å². The zero-order valence-corrected chi connectivity index (χ0v) is 15.8. The lowest BCUT2D eigenvalue weighted by molar-refractivity contribution is 0.140. The second-order valence-electron chi connectivity index (χ2n) is 6.31. The van der Waals surface area contributed by atoms with E-state index in [1.54, 1.807) is 7.11 Å². The number of likely N-dealkylation sites (N-methyl/N-ethyl adjacent to an activating group) is 1. The van der Waals surface area contributed by atoms with Crippen molar-refractivity contribution >= 4 is 15.9 Å². The van der Waals surface area contributed by atoms with Crippen LogP contribution in [0.5, 0.6) is 5.75 Å². The molecule has 0 saturated carbocycles. The highest BCUT2D eigenvalue weighted by Crippen LogP contribution is 2.31. The average molecular weight is 394 g/mol. The molecule has 0 unspecified atom stereocenters. The molecule has 2 heterocycles. The fraction of sp³-hybridized carbons (Fsp3) is 0.500. The number of hydrogen-bond acceptors (Lipinski definition) is 4. The molecule has 5 nitrogen and oxygen atoms in total. The first-order valence-electron chi connectivity index (χ1n) is 8.32. The van der Waals surface area contributed by atoms with Gasteiger partial charge < -0.3 is 9.84 Å². The molecule has 0 bridgehead atoms. The molecule has 0 amide bonds. The Morgan fingerprint density at radius 1 is 1.38 bits per heavy atom. The molecule has 0 radical (unpaired) electrons. The fourth-order valence-corrected chi connectivity index (χ4v) is 3.81. The normalized spacial score (nSPS) is 15.4. The number of fused-ring (bicyclic) bond motifs is 1. The van der Waals surface area contributed by atoms with Gasteiger partial charge in [0.05, 0.1) is 25.5 Å². The van der Waals surface area contributed by atoms with E-state index in [2.05, 4.69) is 31.6 Å².